The molecule has 152 valence electrons. The summed E-state index contributed by atoms with van der Waals surface area (Å²) in [5, 5.41) is 5.74. The maximum Gasteiger partial charge on any atom is 0.266 e. The van der Waals surface area contributed by atoms with E-state index in [4.69, 9.17) is 0 Å². The molecule has 3 aromatic rings. The number of hydrogen-bond donors (Lipinski definition) is 1. The highest BCUT2D eigenvalue weighted by atomic mass is 32.1. The number of thiazole rings is 1. The number of carbonyl (C=O) groups is 3. The van der Waals surface area contributed by atoms with Crippen LogP contribution in [0.3, 0.4) is 0 Å². The monoisotopic (exact) mass is 419 g/mol. The van der Waals surface area contributed by atoms with Gasteiger partial charge in [0.15, 0.2) is 0 Å². The summed E-state index contributed by atoms with van der Waals surface area (Å²) in [6.07, 6.45) is 0. The van der Waals surface area contributed by atoms with Crippen molar-refractivity contribution in [3.05, 3.63) is 80.3 Å². The molecule has 1 N–H and O–H groups in total. The average molecular weight is 420 g/mol. The van der Waals surface area contributed by atoms with Crippen molar-refractivity contribution in [1.82, 2.24) is 10.3 Å². The molecule has 0 saturated heterocycles. The standard InChI is InChI=1S/C23H21N3O3S/c1-12-6-5-7-20(13(12)2)26-22(28)17-9-8-16(10-18(17)23(26)29)21(27)24-14(3)19-11-30-15(4)25-19/h5-11,14H,1-4H3,(H,24,27). The first-order chi connectivity index (χ1) is 14.3. The highest BCUT2D eigenvalue weighted by molar-refractivity contribution is 7.09. The summed E-state index contributed by atoms with van der Waals surface area (Å²) >= 11 is 1.52. The Morgan fingerprint density at radius 1 is 1.07 bits per heavy atom. The molecule has 0 fully saturated rings. The molecule has 0 spiro atoms. The van der Waals surface area contributed by atoms with E-state index >= 15 is 0 Å². The minimum Gasteiger partial charge on any atom is -0.344 e. The van der Waals surface area contributed by atoms with Crippen molar-refractivity contribution >= 4 is 34.7 Å². The molecule has 3 amide bonds. The van der Waals surface area contributed by atoms with Crippen LogP contribution in [0.15, 0.2) is 41.8 Å². The summed E-state index contributed by atoms with van der Waals surface area (Å²) in [5.41, 5.74) is 4.11. The molecule has 2 heterocycles. The normalized spacial score (nSPS) is 14.1. The quantitative estimate of drug-likeness (QED) is 0.637. The minimum atomic E-state index is -0.415. The molecule has 0 bridgehead atoms. The molecule has 1 atom stereocenters. The highest BCUT2D eigenvalue weighted by Crippen LogP contribution is 2.32. The first kappa shape index (κ1) is 20.0. The van der Waals surface area contributed by atoms with E-state index in [1.807, 2.05) is 45.2 Å². The van der Waals surface area contributed by atoms with Crippen LogP contribution in [0.2, 0.25) is 0 Å². The van der Waals surface area contributed by atoms with E-state index in [0.717, 1.165) is 21.8 Å². The molecule has 30 heavy (non-hydrogen) atoms. The van der Waals surface area contributed by atoms with E-state index in [1.54, 1.807) is 18.2 Å². The van der Waals surface area contributed by atoms with Gasteiger partial charge < -0.3 is 5.32 Å². The Morgan fingerprint density at radius 2 is 1.80 bits per heavy atom. The van der Waals surface area contributed by atoms with E-state index in [1.165, 1.54) is 22.3 Å². The van der Waals surface area contributed by atoms with Crippen LogP contribution in [0.25, 0.3) is 0 Å². The summed E-state index contributed by atoms with van der Waals surface area (Å²) < 4.78 is 0. The molecule has 1 aliphatic heterocycles. The predicted molar refractivity (Wildman–Crippen MR) is 116 cm³/mol. The first-order valence-electron chi connectivity index (χ1n) is 9.60. The van der Waals surface area contributed by atoms with Crippen LogP contribution in [0.5, 0.6) is 0 Å². The molecule has 0 aliphatic carbocycles. The zero-order valence-electron chi connectivity index (χ0n) is 17.1. The van der Waals surface area contributed by atoms with Gasteiger partial charge in [-0.3, -0.25) is 14.4 Å². The van der Waals surface area contributed by atoms with Crippen molar-refractivity contribution < 1.29 is 14.4 Å². The van der Waals surface area contributed by atoms with Gasteiger partial charge in [0.25, 0.3) is 17.7 Å². The van der Waals surface area contributed by atoms with Crippen molar-refractivity contribution in [1.29, 1.82) is 0 Å². The Morgan fingerprint density at radius 3 is 2.50 bits per heavy atom. The van der Waals surface area contributed by atoms with Gasteiger partial charge in [-0.05, 0) is 63.1 Å². The number of carbonyl (C=O) groups excluding carboxylic acids is 3. The summed E-state index contributed by atoms with van der Waals surface area (Å²) in [6.45, 7) is 7.59. The molecule has 1 aliphatic rings. The lowest BCUT2D eigenvalue weighted by Crippen LogP contribution is -2.30. The topological polar surface area (TPSA) is 79.4 Å². The lowest BCUT2D eigenvalue weighted by molar-refractivity contribution is 0.0921. The fourth-order valence-electron chi connectivity index (χ4n) is 3.51. The fraction of sp³-hybridized carbons (Fsp3) is 0.217. The molecule has 4 rings (SSSR count). The Bertz CT molecular complexity index is 1200. The molecule has 7 heteroatoms. The Balaban J connectivity index is 1.62. The number of anilines is 1. The van der Waals surface area contributed by atoms with Crippen LogP contribution < -0.4 is 10.2 Å². The van der Waals surface area contributed by atoms with Gasteiger partial charge in [0, 0.05) is 10.9 Å². The van der Waals surface area contributed by atoms with Crippen molar-refractivity contribution in [3.8, 4) is 0 Å². The maximum atomic E-state index is 13.1. The Kier molecular flexibility index (Phi) is 4.99. The van der Waals surface area contributed by atoms with Crippen molar-refractivity contribution in [2.45, 2.75) is 33.7 Å². The van der Waals surface area contributed by atoms with Crippen molar-refractivity contribution in [3.63, 3.8) is 0 Å². The van der Waals surface area contributed by atoms with Crippen LogP contribution in [0.1, 0.15) is 65.9 Å². The van der Waals surface area contributed by atoms with Gasteiger partial charge in [-0.1, -0.05) is 12.1 Å². The van der Waals surface area contributed by atoms with E-state index in [9.17, 15) is 14.4 Å². The molecule has 0 saturated carbocycles. The Labute approximate surface area is 178 Å². The Hall–Kier alpha value is -3.32. The second-order valence-corrected chi connectivity index (χ2v) is 8.47. The van der Waals surface area contributed by atoms with Crippen LogP contribution >= 0.6 is 11.3 Å². The van der Waals surface area contributed by atoms with Gasteiger partial charge in [-0.15, -0.1) is 11.3 Å². The lowest BCUT2D eigenvalue weighted by atomic mass is 10.0. The molecule has 2 aromatic carbocycles. The van der Waals surface area contributed by atoms with Crippen LogP contribution in [0, 0.1) is 20.8 Å². The summed E-state index contributed by atoms with van der Waals surface area (Å²) in [4.78, 5) is 44.3. The number of fused-ring (bicyclic) bond motifs is 1. The fourth-order valence-corrected chi connectivity index (χ4v) is 4.22. The zero-order valence-corrected chi connectivity index (χ0v) is 18.0. The minimum absolute atomic E-state index is 0.241. The highest BCUT2D eigenvalue weighted by Gasteiger charge is 2.38. The van der Waals surface area contributed by atoms with Gasteiger partial charge in [0.05, 0.1) is 33.6 Å². The second-order valence-electron chi connectivity index (χ2n) is 7.41. The number of imide groups is 1. The third-order valence-electron chi connectivity index (χ3n) is 5.39. The van der Waals surface area contributed by atoms with Crippen LogP contribution in [0.4, 0.5) is 5.69 Å². The summed E-state index contributed by atoms with van der Waals surface area (Å²) in [7, 11) is 0. The summed E-state index contributed by atoms with van der Waals surface area (Å²) in [5.74, 6) is -1.11. The third kappa shape index (κ3) is 3.31. The molecule has 1 aromatic heterocycles. The predicted octanol–water partition coefficient (Wildman–Crippen LogP) is 4.36. The number of benzene rings is 2. The molecule has 0 radical (unpaired) electrons. The van der Waals surface area contributed by atoms with Crippen LogP contribution in [-0.4, -0.2) is 22.7 Å². The zero-order chi connectivity index (χ0) is 21.6. The van der Waals surface area contributed by atoms with E-state index in [0.29, 0.717) is 16.8 Å². The van der Waals surface area contributed by atoms with E-state index in [-0.39, 0.29) is 23.4 Å². The average Bonchev–Trinajstić information content (AvgIpc) is 3.26. The van der Waals surface area contributed by atoms with E-state index < -0.39 is 5.91 Å². The maximum absolute atomic E-state index is 13.1. The van der Waals surface area contributed by atoms with Crippen molar-refractivity contribution in [2.24, 2.45) is 0 Å². The van der Waals surface area contributed by atoms with Gasteiger partial charge in [-0.25, -0.2) is 9.88 Å². The number of aromatic nitrogens is 1. The SMILES string of the molecule is Cc1nc(C(C)NC(=O)c2ccc3c(c2)C(=O)N(c2cccc(C)c2C)C3=O)cs1. The molecule has 1 unspecified atom stereocenters. The first-order valence-corrected chi connectivity index (χ1v) is 10.5. The second kappa shape index (κ2) is 7.50. The van der Waals surface area contributed by atoms with Gasteiger partial charge in [0.1, 0.15) is 0 Å². The number of nitrogens with zero attached hydrogens (tertiary/aromatic N) is 2. The van der Waals surface area contributed by atoms with Crippen molar-refractivity contribution in [2.75, 3.05) is 4.90 Å². The van der Waals surface area contributed by atoms with E-state index in [2.05, 4.69) is 10.3 Å². The number of hydrogen-bond acceptors (Lipinski definition) is 5. The van der Waals surface area contributed by atoms with Gasteiger partial charge in [0.2, 0.25) is 0 Å². The lowest BCUT2D eigenvalue weighted by Gasteiger charge is -2.17. The number of nitrogens with one attached hydrogen (secondary N) is 1. The van der Waals surface area contributed by atoms with Gasteiger partial charge >= 0.3 is 0 Å². The largest absolute Gasteiger partial charge is 0.344 e. The third-order valence-corrected chi connectivity index (χ3v) is 6.19. The molecular weight excluding hydrogens is 398 g/mol. The van der Waals surface area contributed by atoms with Crippen LogP contribution in [-0.2, 0) is 0 Å². The summed E-state index contributed by atoms with van der Waals surface area (Å²) in [6, 6.07) is 9.87. The smallest absolute Gasteiger partial charge is 0.266 e. The molecule has 6 nitrogen and oxygen atoms in total. The number of aryl methyl sites for hydroxylation is 2. The number of rotatable bonds is 4. The molecular formula is C23H21N3O3S. The van der Waals surface area contributed by atoms with Gasteiger partial charge in [-0.2, -0.15) is 0 Å². The number of amides is 3.